The fraction of sp³-hybridized carbons (Fsp3) is 0.548. The van der Waals surface area contributed by atoms with Crippen LogP contribution in [0.5, 0.6) is 0 Å². The average Bonchev–Trinajstić information content (AvgIpc) is 3.25. The number of piperidine rings is 1. The van der Waals surface area contributed by atoms with Crippen molar-refractivity contribution in [2.45, 2.75) is 82.6 Å². The summed E-state index contributed by atoms with van der Waals surface area (Å²) in [6, 6.07) is 17.8. The molecule has 214 valence electrons. The number of β-amino-alcohol motifs (C(OH)–C–C–N with tert-alkyl or cyclic N) is 1. The van der Waals surface area contributed by atoms with Crippen LogP contribution in [0.3, 0.4) is 0 Å². The minimum atomic E-state index is -0.747. The number of carbonyl (C=O) groups excluding carboxylic acids is 2. The Kier molecular flexibility index (Phi) is 11.0. The molecule has 1 heterocycles. The van der Waals surface area contributed by atoms with Gasteiger partial charge in [-0.15, -0.1) is 12.4 Å². The first-order valence-electron chi connectivity index (χ1n) is 13.9. The van der Waals surface area contributed by atoms with Gasteiger partial charge < -0.3 is 25.4 Å². The third-order valence-electron chi connectivity index (χ3n) is 8.00. The zero-order valence-corrected chi connectivity index (χ0v) is 24.3. The van der Waals surface area contributed by atoms with Gasteiger partial charge in [0.15, 0.2) is 0 Å². The van der Waals surface area contributed by atoms with Crippen molar-refractivity contribution in [3.8, 4) is 0 Å². The molecule has 2 aromatic rings. The van der Waals surface area contributed by atoms with E-state index in [1.54, 1.807) is 6.92 Å². The molecular formula is C31H44ClN3O4. The minimum absolute atomic E-state index is 0. The average molecular weight is 558 g/mol. The van der Waals surface area contributed by atoms with Gasteiger partial charge in [0, 0.05) is 31.6 Å². The summed E-state index contributed by atoms with van der Waals surface area (Å²) >= 11 is 0. The normalized spacial score (nSPS) is 17.7. The van der Waals surface area contributed by atoms with E-state index < -0.39 is 17.7 Å². The molecule has 8 heteroatoms. The Morgan fingerprint density at radius 1 is 1.05 bits per heavy atom. The van der Waals surface area contributed by atoms with Gasteiger partial charge in [0.1, 0.15) is 6.04 Å². The van der Waals surface area contributed by atoms with Crippen LogP contribution in [0.25, 0.3) is 0 Å². The first-order chi connectivity index (χ1) is 18.2. The molecular weight excluding hydrogens is 514 g/mol. The van der Waals surface area contributed by atoms with Crippen LogP contribution in [0.15, 0.2) is 54.6 Å². The highest BCUT2D eigenvalue weighted by Gasteiger charge is 2.42. The van der Waals surface area contributed by atoms with Gasteiger partial charge in [-0.25, -0.2) is 0 Å². The number of rotatable bonds is 11. The van der Waals surface area contributed by atoms with Crippen molar-refractivity contribution < 1.29 is 19.4 Å². The highest BCUT2D eigenvalue weighted by atomic mass is 35.5. The number of hydrogen-bond acceptors (Lipinski definition) is 5. The second-order valence-corrected chi connectivity index (χ2v) is 11.7. The number of ether oxygens (including phenoxy) is 1. The van der Waals surface area contributed by atoms with E-state index >= 15 is 0 Å². The number of nitrogens with zero attached hydrogens (tertiary/aromatic N) is 1. The minimum Gasteiger partial charge on any atom is -0.392 e. The molecule has 1 aliphatic heterocycles. The molecule has 4 rings (SSSR count). The number of halogens is 1. The SMILES string of the molecule is C[C@@H](O)CNC(C)(C)CC(=O)N[C@H](COCc1ccccc1)C(=O)N1CCC2(CCc3ccccc32)CC1.Cl. The number of aryl methyl sites for hydroxylation is 1. The summed E-state index contributed by atoms with van der Waals surface area (Å²) in [5.74, 6) is -0.296. The maximum absolute atomic E-state index is 13.7. The van der Waals surface area contributed by atoms with Crippen molar-refractivity contribution in [2.75, 3.05) is 26.2 Å². The molecule has 2 aliphatic rings. The van der Waals surface area contributed by atoms with Crippen LogP contribution in [-0.2, 0) is 32.8 Å². The fourth-order valence-corrected chi connectivity index (χ4v) is 5.84. The molecule has 7 nitrogen and oxygen atoms in total. The Morgan fingerprint density at radius 2 is 1.72 bits per heavy atom. The monoisotopic (exact) mass is 557 g/mol. The van der Waals surface area contributed by atoms with Crippen LogP contribution in [-0.4, -0.2) is 65.7 Å². The zero-order valence-electron chi connectivity index (χ0n) is 23.4. The molecule has 0 bridgehead atoms. The summed E-state index contributed by atoms with van der Waals surface area (Å²) < 4.78 is 5.93. The maximum Gasteiger partial charge on any atom is 0.247 e. The second kappa shape index (κ2) is 13.8. The lowest BCUT2D eigenvalue weighted by Crippen LogP contribution is -2.55. The lowest BCUT2D eigenvalue weighted by atomic mass is 9.74. The second-order valence-electron chi connectivity index (χ2n) is 11.7. The van der Waals surface area contributed by atoms with Gasteiger partial charge in [-0.1, -0.05) is 54.6 Å². The Labute approximate surface area is 239 Å². The van der Waals surface area contributed by atoms with Crippen LogP contribution in [0.1, 0.15) is 63.1 Å². The van der Waals surface area contributed by atoms with Crippen LogP contribution in [0, 0.1) is 0 Å². The number of amides is 2. The number of aliphatic hydroxyl groups is 1. The number of nitrogens with one attached hydrogen (secondary N) is 2. The van der Waals surface area contributed by atoms with Gasteiger partial charge in [0.25, 0.3) is 0 Å². The third-order valence-corrected chi connectivity index (χ3v) is 8.00. The van der Waals surface area contributed by atoms with Gasteiger partial charge in [-0.3, -0.25) is 9.59 Å². The molecule has 0 radical (unpaired) electrons. The molecule has 3 N–H and O–H groups in total. The van der Waals surface area contributed by atoms with Crippen molar-refractivity contribution in [3.63, 3.8) is 0 Å². The number of aliphatic hydroxyl groups excluding tert-OH is 1. The summed E-state index contributed by atoms with van der Waals surface area (Å²) in [5, 5.41) is 15.8. The summed E-state index contributed by atoms with van der Waals surface area (Å²) in [6.07, 6.45) is 3.81. The number of carbonyl (C=O) groups is 2. The largest absolute Gasteiger partial charge is 0.392 e. The Hall–Kier alpha value is -2.45. The van der Waals surface area contributed by atoms with E-state index in [1.165, 1.54) is 11.1 Å². The number of benzene rings is 2. The van der Waals surface area contributed by atoms with Crippen LogP contribution in [0.4, 0.5) is 0 Å². The van der Waals surface area contributed by atoms with Crippen molar-refractivity contribution in [1.82, 2.24) is 15.5 Å². The van der Waals surface area contributed by atoms with E-state index in [1.807, 2.05) is 49.1 Å². The molecule has 1 spiro atoms. The summed E-state index contributed by atoms with van der Waals surface area (Å²) in [5.41, 5.74) is 3.56. The number of fused-ring (bicyclic) bond motifs is 2. The summed E-state index contributed by atoms with van der Waals surface area (Å²) in [4.78, 5) is 28.6. The Bertz CT molecular complexity index is 1080. The molecule has 0 aromatic heterocycles. The van der Waals surface area contributed by atoms with E-state index in [0.717, 1.165) is 31.2 Å². The smallest absolute Gasteiger partial charge is 0.247 e. The van der Waals surface area contributed by atoms with Crippen LogP contribution in [0.2, 0.25) is 0 Å². The topological polar surface area (TPSA) is 90.9 Å². The Morgan fingerprint density at radius 3 is 2.41 bits per heavy atom. The van der Waals surface area contributed by atoms with Crippen molar-refractivity contribution in [3.05, 3.63) is 71.3 Å². The van der Waals surface area contributed by atoms with Crippen LogP contribution >= 0.6 is 12.4 Å². The molecule has 39 heavy (non-hydrogen) atoms. The maximum atomic E-state index is 13.7. The first-order valence-corrected chi connectivity index (χ1v) is 13.9. The van der Waals surface area contributed by atoms with Crippen molar-refractivity contribution in [2.24, 2.45) is 0 Å². The molecule has 1 aliphatic carbocycles. The molecule has 1 saturated heterocycles. The van der Waals surface area contributed by atoms with Gasteiger partial charge in [-0.05, 0) is 68.6 Å². The van der Waals surface area contributed by atoms with Crippen LogP contribution < -0.4 is 10.6 Å². The number of hydrogen-bond donors (Lipinski definition) is 3. The summed E-state index contributed by atoms with van der Waals surface area (Å²) in [7, 11) is 0. The zero-order chi connectivity index (χ0) is 27.2. The molecule has 2 amide bonds. The standard InChI is InChI=1S/C31H43N3O4.ClH/c1-23(35)20-32-30(2,3)19-28(36)33-27(22-38-21-24-9-5-4-6-10-24)29(37)34-17-15-31(16-18-34)14-13-25-11-7-8-12-26(25)31;/h4-12,23,27,32,35H,13-22H2,1-3H3,(H,33,36);1H/t23-,27-;/m1./s1. The lowest BCUT2D eigenvalue weighted by Gasteiger charge is -2.41. The van der Waals surface area contributed by atoms with E-state index in [9.17, 15) is 14.7 Å². The highest BCUT2D eigenvalue weighted by molar-refractivity contribution is 5.88. The van der Waals surface area contributed by atoms with Gasteiger partial charge >= 0.3 is 0 Å². The predicted octanol–water partition coefficient (Wildman–Crippen LogP) is 3.76. The highest BCUT2D eigenvalue weighted by Crippen LogP contribution is 2.46. The van der Waals surface area contributed by atoms with E-state index in [-0.39, 0.29) is 42.7 Å². The predicted molar refractivity (Wildman–Crippen MR) is 156 cm³/mol. The molecule has 2 atom stereocenters. The molecule has 2 aromatic carbocycles. The van der Waals surface area contributed by atoms with Gasteiger partial charge in [0.05, 0.1) is 19.3 Å². The van der Waals surface area contributed by atoms with Crippen molar-refractivity contribution in [1.29, 1.82) is 0 Å². The molecule has 0 unspecified atom stereocenters. The Balaban J connectivity index is 0.00000420. The van der Waals surface area contributed by atoms with E-state index in [4.69, 9.17) is 4.74 Å². The van der Waals surface area contributed by atoms with Crippen molar-refractivity contribution >= 4 is 24.2 Å². The molecule has 1 fully saturated rings. The van der Waals surface area contributed by atoms with E-state index in [0.29, 0.717) is 26.2 Å². The molecule has 0 saturated carbocycles. The number of likely N-dealkylation sites (tertiary alicyclic amines) is 1. The van der Waals surface area contributed by atoms with E-state index in [2.05, 4.69) is 34.9 Å². The van der Waals surface area contributed by atoms with Gasteiger partial charge in [0.2, 0.25) is 11.8 Å². The quantitative estimate of drug-likeness (QED) is 0.391. The summed E-state index contributed by atoms with van der Waals surface area (Å²) in [6.45, 7) is 7.78. The lowest BCUT2D eigenvalue weighted by molar-refractivity contribution is -0.140. The first kappa shape index (κ1) is 31.1. The third kappa shape index (κ3) is 8.27. The van der Waals surface area contributed by atoms with Gasteiger partial charge in [-0.2, -0.15) is 0 Å². The fourth-order valence-electron chi connectivity index (χ4n) is 5.84.